The molecule has 134 valence electrons. The zero-order valence-electron chi connectivity index (χ0n) is 15.4. The third kappa shape index (κ3) is 4.48. The highest BCUT2D eigenvalue weighted by Crippen LogP contribution is 2.23. The molecule has 25 heavy (non-hydrogen) atoms. The van der Waals surface area contributed by atoms with E-state index in [2.05, 4.69) is 59.6 Å². The number of rotatable bonds is 6. The van der Waals surface area contributed by atoms with E-state index in [0.29, 0.717) is 5.92 Å². The molecule has 0 aliphatic carbocycles. The first-order valence-electron chi connectivity index (χ1n) is 9.15. The number of aromatic nitrogens is 2. The summed E-state index contributed by atoms with van der Waals surface area (Å²) >= 11 is 0. The molecule has 5 nitrogen and oxygen atoms in total. The summed E-state index contributed by atoms with van der Waals surface area (Å²) in [7, 11) is 0. The second-order valence-electron chi connectivity index (χ2n) is 7.18. The van der Waals surface area contributed by atoms with Gasteiger partial charge in [0.05, 0.1) is 11.9 Å². The van der Waals surface area contributed by atoms with Gasteiger partial charge in [-0.05, 0) is 37.0 Å². The summed E-state index contributed by atoms with van der Waals surface area (Å²) in [6.07, 6.45) is 6.36. The van der Waals surface area contributed by atoms with Crippen LogP contribution in [0.4, 0.5) is 0 Å². The first-order chi connectivity index (χ1) is 12.0. The number of aryl methyl sites for hydroxylation is 1. The van der Waals surface area contributed by atoms with Crippen molar-refractivity contribution in [3.05, 3.63) is 47.8 Å². The fraction of sp³-hybridized carbons (Fsp3) is 0.500. The molecule has 0 saturated carbocycles. The molecule has 0 radical (unpaired) electrons. The van der Waals surface area contributed by atoms with Crippen LogP contribution in [0.2, 0.25) is 0 Å². The van der Waals surface area contributed by atoms with E-state index >= 15 is 0 Å². The van der Waals surface area contributed by atoms with Crippen molar-refractivity contribution in [2.24, 2.45) is 5.92 Å². The minimum Gasteiger partial charge on any atom is -0.352 e. The third-order valence-corrected chi connectivity index (χ3v) is 4.87. The van der Waals surface area contributed by atoms with Crippen LogP contribution in [0.5, 0.6) is 0 Å². The van der Waals surface area contributed by atoms with Crippen LogP contribution in [-0.2, 0) is 11.3 Å². The monoisotopic (exact) mass is 340 g/mol. The van der Waals surface area contributed by atoms with Crippen molar-refractivity contribution in [3.63, 3.8) is 0 Å². The summed E-state index contributed by atoms with van der Waals surface area (Å²) in [5.74, 6) is 0.612. The molecule has 2 unspecified atom stereocenters. The molecule has 1 N–H and O–H groups in total. The molecule has 2 aromatic rings. The number of carbonyl (C=O) groups is 1. The maximum atomic E-state index is 11.5. The van der Waals surface area contributed by atoms with Crippen LogP contribution in [0.15, 0.2) is 36.7 Å². The molecule has 1 fully saturated rings. The van der Waals surface area contributed by atoms with Crippen LogP contribution < -0.4 is 5.32 Å². The quantitative estimate of drug-likeness (QED) is 0.880. The zero-order valence-corrected chi connectivity index (χ0v) is 15.4. The van der Waals surface area contributed by atoms with Crippen molar-refractivity contribution in [2.75, 3.05) is 13.1 Å². The van der Waals surface area contributed by atoms with E-state index in [4.69, 9.17) is 0 Å². The molecule has 5 heteroatoms. The molecule has 1 aromatic carbocycles. The smallest absolute Gasteiger partial charge is 0.217 e. The Morgan fingerprint density at radius 2 is 2.20 bits per heavy atom. The molecule has 1 aliphatic rings. The largest absolute Gasteiger partial charge is 0.352 e. The number of nitrogens with zero attached hydrogens (tertiary/aromatic N) is 3. The Morgan fingerprint density at radius 3 is 2.92 bits per heavy atom. The highest BCUT2D eigenvalue weighted by molar-refractivity contribution is 5.73. The first kappa shape index (κ1) is 17.7. The lowest BCUT2D eigenvalue weighted by molar-refractivity contribution is -0.119. The van der Waals surface area contributed by atoms with Gasteiger partial charge in [-0.1, -0.05) is 25.5 Å². The minimum absolute atomic E-state index is 0.0696. The Labute approximate surface area is 150 Å². The number of hydrogen-bond donors (Lipinski definition) is 1. The van der Waals surface area contributed by atoms with Gasteiger partial charge in [-0.25, -0.2) is 4.68 Å². The van der Waals surface area contributed by atoms with E-state index in [1.165, 1.54) is 11.1 Å². The average Bonchev–Trinajstić information content (AvgIpc) is 3.15. The van der Waals surface area contributed by atoms with Crippen LogP contribution >= 0.6 is 0 Å². The van der Waals surface area contributed by atoms with Crippen LogP contribution in [0.3, 0.4) is 0 Å². The van der Waals surface area contributed by atoms with Gasteiger partial charge in [0.15, 0.2) is 0 Å². The normalized spacial score (nSPS) is 20.8. The standard InChI is InChI=1S/C20H28N4O/c1-4-6-18-13-23(14-20(18)22-16(3)25)11-17-10-21-24(12-17)19-8-5-7-15(2)9-19/h5,7-10,12,18,20H,4,6,11,13-14H2,1-3H3,(H,22,25). The van der Waals surface area contributed by atoms with Gasteiger partial charge >= 0.3 is 0 Å². The maximum Gasteiger partial charge on any atom is 0.217 e. The van der Waals surface area contributed by atoms with Gasteiger partial charge < -0.3 is 5.32 Å². The second kappa shape index (κ2) is 7.83. The van der Waals surface area contributed by atoms with E-state index < -0.39 is 0 Å². The van der Waals surface area contributed by atoms with Gasteiger partial charge in [-0.15, -0.1) is 0 Å². The SMILES string of the molecule is CCCC1CN(Cc2cnn(-c3cccc(C)c3)c2)CC1NC(C)=O. The number of nitrogens with one attached hydrogen (secondary N) is 1. The van der Waals surface area contributed by atoms with Crippen molar-refractivity contribution in [2.45, 2.75) is 46.2 Å². The molecule has 1 amide bonds. The van der Waals surface area contributed by atoms with Gasteiger partial charge in [0.25, 0.3) is 0 Å². The third-order valence-electron chi connectivity index (χ3n) is 4.87. The summed E-state index contributed by atoms with van der Waals surface area (Å²) < 4.78 is 1.94. The van der Waals surface area contributed by atoms with Gasteiger partial charge in [0, 0.05) is 44.4 Å². The fourth-order valence-electron chi connectivity index (χ4n) is 3.79. The highest BCUT2D eigenvalue weighted by Gasteiger charge is 2.32. The summed E-state index contributed by atoms with van der Waals surface area (Å²) in [5.41, 5.74) is 3.53. The summed E-state index contributed by atoms with van der Waals surface area (Å²) in [5, 5.41) is 7.64. The van der Waals surface area contributed by atoms with Crippen molar-refractivity contribution < 1.29 is 4.79 Å². The van der Waals surface area contributed by atoms with Crippen LogP contribution in [0.1, 0.15) is 37.8 Å². The Balaban J connectivity index is 1.65. The maximum absolute atomic E-state index is 11.5. The molecule has 2 heterocycles. The first-order valence-corrected chi connectivity index (χ1v) is 9.15. The van der Waals surface area contributed by atoms with Crippen molar-refractivity contribution in [1.29, 1.82) is 0 Å². The van der Waals surface area contributed by atoms with E-state index in [-0.39, 0.29) is 11.9 Å². The summed E-state index contributed by atoms with van der Waals surface area (Å²) in [4.78, 5) is 13.9. The van der Waals surface area contributed by atoms with Crippen molar-refractivity contribution >= 4 is 5.91 Å². The van der Waals surface area contributed by atoms with Crippen molar-refractivity contribution in [3.8, 4) is 5.69 Å². The Kier molecular flexibility index (Phi) is 5.53. The molecule has 0 spiro atoms. The molecular weight excluding hydrogens is 312 g/mol. The number of carbonyl (C=O) groups excluding carboxylic acids is 1. The number of benzene rings is 1. The predicted molar refractivity (Wildman–Crippen MR) is 99.6 cm³/mol. The lowest BCUT2D eigenvalue weighted by atomic mass is 9.98. The number of amides is 1. The molecule has 0 bridgehead atoms. The number of hydrogen-bond acceptors (Lipinski definition) is 3. The Hall–Kier alpha value is -2.14. The highest BCUT2D eigenvalue weighted by atomic mass is 16.1. The lowest BCUT2D eigenvalue weighted by Gasteiger charge is -2.18. The second-order valence-corrected chi connectivity index (χ2v) is 7.18. The predicted octanol–water partition coefficient (Wildman–Crippen LogP) is 2.92. The van der Waals surface area contributed by atoms with Crippen LogP contribution in [0, 0.1) is 12.8 Å². The Morgan fingerprint density at radius 1 is 1.36 bits per heavy atom. The molecular formula is C20H28N4O. The molecule has 3 rings (SSSR count). The molecule has 1 aromatic heterocycles. The Bertz CT molecular complexity index is 724. The lowest BCUT2D eigenvalue weighted by Crippen LogP contribution is -2.39. The minimum atomic E-state index is 0.0696. The molecule has 1 saturated heterocycles. The van der Waals surface area contributed by atoms with E-state index in [9.17, 15) is 4.79 Å². The average molecular weight is 340 g/mol. The zero-order chi connectivity index (χ0) is 17.8. The topological polar surface area (TPSA) is 50.2 Å². The van der Waals surface area contributed by atoms with Crippen molar-refractivity contribution in [1.82, 2.24) is 20.0 Å². The van der Waals surface area contributed by atoms with Gasteiger partial charge in [-0.3, -0.25) is 9.69 Å². The number of likely N-dealkylation sites (tertiary alicyclic amines) is 1. The van der Waals surface area contributed by atoms with E-state index in [0.717, 1.165) is 38.2 Å². The van der Waals surface area contributed by atoms with Crippen LogP contribution in [-0.4, -0.2) is 39.7 Å². The van der Waals surface area contributed by atoms with Crippen LogP contribution in [0.25, 0.3) is 5.69 Å². The fourth-order valence-corrected chi connectivity index (χ4v) is 3.79. The van der Waals surface area contributed by atoms with Gasteiger partial charge in [0.2, 0.25) is 5.91 Å². The van der Waals surface area contributed by atoms with Gasteiger partial charge in [0.1, 0.15) is 0 Å². The summed E-state index contributed by atoms with van der Waals surface area (Å²) in [6.45, 7) is 8.74. The van der Waals surface area contributed by atoms with E-state index in [1.807, 2.05) is 10.9 Å². The summed E-state index contributed by atoms with van der Waals surface area (Å²) in [6, 6.07) is 8.62. The van der Waals surface area contributed by atoms with Gasteiger partial charge in [-0.2, -0.15) is 5.10 Å². The molecule has 2 atom stereocenters. The molecule has 1 aliphatic heterocycles. The van der Waals surface area contributed by atoms with E-state index in [1.54, 1.807) is 6.92 Å².